The Morgan fingerprint density at radius 1 is 1.24 bits per heavy atom. The van der Waals surface area contributed by atoms with Crippen molar-refractivity contribution in [3.63, 3.8) is 0 Å². The van der Waals surface area contributed by atoms with Crippen molar-refractivity contribution in [3.8, 4) is 0 Å². The Kier molecular flexibility index (Phi) is 4.60. The first-order chi connectivity index (χ1) is 12.0. The first-order valence-corrected chi connectivity index (χ1v) is 7.66. The fraction of sp³-hybridized carbons (Fsp3) is 0.176. The number of hydrogen-bond donors (Lipinski definition) is 1. The summed E-state index contributed by atoms with van der Waals surface area (Å²) in [7, 11) is 0. The summed E-state index contributed by atoms with van der Waals surface area (Å²) in [6.07, 6.45) is 3.99. The Bertz CT molecular complexity index is 838. The highest BCUT2D eigenvalue weighted by molar-refractivity contribution is 6.02. The average Bonchev–Trinajstić information content (AvgIpc) is 3.23. The van der Waals surface area contributed by atoms with E-state index in [2.05, 4.69) is 5.32 Å². The van der Waals surface area contributed by atoms with E-state index in [1.165, 1.54) is 24.3 Å². The summed E-state index contributed by atoms with van der Waals surface area (Å²) in [5.41, 5.74) is 1.38. The molecule has 1 aromatic carbocycles. The highest BCUT2D eigenvalue weighted by atomic mass is 16.6. The second-order valence-electron chi connectivity index (χ2n) is 5.45. The van der Waals surface area contributed by atoms with Gasteiger partial charge in [0.25, 0.3) is 0 Å². The number of carbonyl (C=O) groups is 2. The van der Waals surface area contributed by atoms with Crippen molar-refractivity contribution >= 4 is 35.1 Å². The van der Waals surface area contributed by atoms with Gasteiger partial charge in [-0.25, -0.2) is 0 Å². The van der Waals surface area contributed by atoms with Crippen LogP contribution in [-0.4, -0.2) is 23.3 Å². The topological polar surface area (TPSA) is 106 Å². The Balaban J connectivity index is 1.59. The van der Waals surface area contributed by atoms with Crippen LogP contribution in [0.1, 0.15) is 18.6 Å². The van der Waals surface area contributed by atoms with Gasteiger partial charge in [-0.05, 0) is 42.8 Å². The highest BCUT2D eigenvalue weighted by Crippen LogP contribution is 2.23. The van der Waals surface area contributed by atoms with Crippen molar-refractivity contribution in [2.45, 2.75) is 12.8 Å². The summed E-state index contributed by atoms with van der Waals surface area (Å²) in [4.78, 5) is 35.2. The van der Waals surface area contributed by atoms with Crippen LogP contribution < -0.4 is 10.2 Å². The van der Waals surface area contributed by atoms with E-state index < -0.39 is 10.8 Å². The first-order valence-electron chi connectivity index (χ1n) is 7.66. The zero-order valence-electron chi connectivity index (χ0n) is 13.2. The van der Waals surface area contributed by atoms with Crippen molar-refractivity contribution in [2.75, 3.05) is 16.8 Å². The van der Waals surface area contributed by atoms with Gasteiger partial charge < -0.3 is 14.6 Å². The number of amides is 2. The number of hydrogen-bond acceptors (Lipinski definition) is 5. The van der Waals surface area contributed by atoms with E-state index in [9.17, 15) is 19.7 Å². The molecule has 1 aliphatic rings. The second kappa shape index (κ2) is 7.00. The van der Waals surface area contributed by atoms with E-state index in [-0.39, 0.29) is 17.6 Å². The van der Waals surface area contributed by atoms with Crippen LogP contribution in [0.15, 0.2) is 46.9 Å². The van der Waals surface area contributed by atoms with Crippen LogP contribution in [0.4, 0.5) is 17.3 Å². The minimum absolute atomic E-state index is 0.104. The molecule has 1 fully saturated rings. The summed E-state index contributed by atoms with van der Waals surface area (Å²) in [5.74, 6) is -0.465. The molecule has 0 spiro atoms. The summed E-state index contributed by atoms with van der Waals surface area (Å²) < 4.78 is 4.93. The molecule has 1 aromatic heterocycles. The molecule has 1 aliphatic heterocycles. The van der Waals surface area contributed by atoms with E-state index >= 15 is 0 Å². The number of furan rings is 1. The van der Waals surface area contributed by atoms with Crippen molar-refractivity contribution in [1.82, 2.24) is 0 Å². The van der Waals surface area contributed by atoms with Crippen LogP contribution in [0.5, 0.6) is 0 Å². The lowest BCUT2D eigenvalue weighted by atomic mass is 10.2. The van der Waals surface area contributed by atoms with E-state index in [1.807, 2.05) is 0 Å². The number of anilines is 2. The summed E-state index contributed by atoms with van der Waals surface area (Å²) in [6.45, 7) is 0.711. The first kappa shape index (κ1) is 16.4. The average molecular weight is 341 g/mol. The Morgan fingerprint density at radius 2 is 2.00 bits per heavy atom. The molecule has 0 aliphatic carbocycles. The number of nitro groups is 1. The van der Waals surface area contributed by atoms with Crippen molar-refractivity contribution in [3.05, 3.63) is 58.3 Å². The molecular formula is C17H15N3O5. The smallest absolute Gasteiger partial charge is 0.401 e. The molecule has 8 nitrogen and oxygen atoms in total. The molecule has 0 unspecified atom stereocenters. The maximum Gasteiger partial charge on any atom is 0.433 e. The third-order valence-corrected chi connectivity index (χ3v) is 3.71. The van der Waals surface area contributed by atoms with Crippen molar-refractivity contribution < 1.29 is 18.9 Å². The van der Waals surface area contributed by atoms with Crippen LogP contribution in [0, 0.1) is 10.1 Å². The van der Waals surface area contributed by atoms with Gasteiger partial charge in [-0.15, -0.1) is 0 Å². The molecule has 128 valence electrons. The zero-order valence-corrected chi connectivity index (χ0v) is 13.2. The molecular weight excluding hydrogens is 326 g/mol. The molecule has 8 heteroatoms. The third-order valence-electron chi connectivity index (χ3n) is 3.71. The van der Waals surface area contributed by atoms with Gasteiger partial charge in [-0.3, -0.25) is 19.7 Å². The van der Waals surface area contributed by atoms with Crippen LogP contribution in [0.25, 0.3) is 6.08 Å². The minimum Gasteiger partial charge on any atom is -0.401 e. The maximum atomic E-state index is 11.9. The van der Waals surface area contributed by atoms with Gasteiger partial charge >= 0.3 is 5.88 Å². The van der Waals surface area contributed by atoms with E-state index in [0.717, 1.165) is 12.1 Å². The predicted molar refractivity (Wildman–Crippen MR) is 91.1 cm³/mol. The van der Waals surface area contributed by atoms with E-state index in [4.69, 9.17) is 4.42 Å². The number of nitrogens with one attached hydrogen (secondary N) is 1. The highest BCUT2D eigenvalue weighted by Gasteiger charge is 2.21. The third kappa shape index (κ3) is 3.92. The van der Waals surface area contributed by atoms with Gasteiger partial charge in [0, 0.05) is 30.4 Å². The van der Waals surface area contributed by atoms with E-state index in [0.29, 0.717) is 18.7 Å². The molecule has 0 radical (unpaired) electrons. The van der Waals surface area contributed by atoms with Gasteiger partial charge in [0.15, 0.2) is 0 Å². The number of nitrogens with zero attached hydrogens (tertiary/aromatic N) is 2. The molecule has 2 amide bonds. The van der Waals surface area contributed by atoms with Gasteiger partial charge in [0.1, 0.15) is 10.7 Å². The monoisotopic (exact) mass is 341 g/mol. The fourth-order valence-corrected chi connectivity index (χ4v) is 2.52. The number of rotatable bonds is 5. The minimum atomic E-state index is -0.649. The van der Waals surface area contributed by atoms with Gasteiger partial charge in [0.05, 0.1) is 6.07 Å². The van der Waals surface area contributed by atoms with Crippen LogP contribution >= 0.6 is 0 Å². The van der Waals surface area contributed by atoms with Gasteiger partial charge in [-0.1, -0.05) is 0 Å². The lowest BCUT2D eigenvalue weighted by Gasteiger charge is -2.15. The Hall–Kier alpha value is -3.42. The lowest BCUT2D eigenvalue weighted by Crippen LogP contribution is -2.23. The second-order valence-corrected chi connectivity index (χ2v) is 5.45. The van der Waals surface area contributed by atoms with Crippen LogP contribution in [0.3, 0.4) is 0 Å². The molecule has 2 heterocycles. The summed E-state index contributed by atoms with van der Waals surface area (Å²) in [6, 6.07) is 9.60. The van der Waals surface area contributed by atoms with Crippen LogP contribution in [0.2, 0.25) is 0 Å². The summed E-state index contributed by atoms with van der Waals surface area (Å²) in [5, 5.41) is 13.2. The standard InChI is InChI=1S/C17H15N3O5/c21-15(9-7-14-8-10-17(25-14)20(23)24)18-12-3-5-13(6-4-12)19-11-1-2-16(19)22/h3-10H,1-2,11H2,(H,18,21)/b9-7+. The molecule has 1 N–H and O–H groups in total. The lowest BCUT2D eigenvalue weighted by molar-refractivity contribution is -0.402. The number of benzene rings is 1. The maximum absolute atomic E-state index is 11.9. The van der Waals surface area contributed by atoms with Gasteiger partial charge in [0.2, 0.25) is 11.8 Å². The SMILES string of the molecule is O=C(/C=C/c1ccc([N+](=O)[O-])o1)Nc1ccc(N2CCCC2=O)cc1. The molecule has 2 aromatic rings. The van der Waals surface area contributed by atoms with Crippen LogP contribution in [-0.2, 0) is 9.59 Å². The molecule has 0 bridgehead atoms. The predicted octanol–water partition coefficient (Wildman–Crippen LogP) is 2.97. The molecule has 0 saturated carbocycles. The largest absolute Gasteiger partial charge is 0.433 e. The Morgan fingerprint density at radius 3 is 2.60 bits per heavy atom. The van der Waals surface area contributed by atoms with Crippen molar-refractivity contribution in [1.29, 1.82) is 0 Å². The molecule has 1 saturated heterocycles. The molecule has 3 rings (SSSR count). The molecule has 0 atom stereocenters. The van der Waals surface area contributed by atoms with Gasteiger partial charge in [-0.2, -0.15) is 0 Å². The molecule has 25 heavy (non-hydrogen) atoms. The zero-order chi connectivity index (χ0) is 17.8. The van der Waals surface area contributed by atoms with Crippen molar-refractivity contribution in [2.24, 2.45) is 0 Å². The quantitative estimate of drug-likeness (QED) is 0.511. The fourth-order valence-electron chi connectivity index (χ4n) is 2.52. The van der Waals surface area contributed by atoms with E-state index in [1.54, 1.807) is 29.2 Å². The Labute approximate surface area is 142 Å². The number of carbonyl (C=O) groups excluding carboxylic acids is 2. The summed E-state index contributed by atoms with van der Waals surface area (Å²) >= 11 is 0. The normalized spacial score (nSPS) is 14.2.